The van der Waals surface area contributed by atoms with Crippen molar-refractivity contribution in [2.24, 2.45) is 0 Å². The summed E-state index contributed by atoms with van der Waals surface area (Å²) < 4.78 is 1.96. The Morgan fingerprint density at radius 2 is 2.04 bits per heavy atom. The summed E-state index contributed by atoms with van der Waals surface area (Å²) in [6, 6.07) is 11.3. The number of amides is 1. The van der Waals surface area contributed by atoms with Gasteiger partial charge in [0.05, 0.1) is 12.1 Å². The number of aliphatic carboxylic acids is 1. The molecule has 0 aliphatic rings. The highest BCUT2D eigenvalue weighted by molar-refractivity contribution is 5.93. The van der Waals surface area contributed by atoms with Gasteiger partial charge in [0.25, 0.3) is 0 Å². The SMILES string of the molecule is Cc1cccn2cc(-c3cccc(NC(=O)CCC(=O)O)c3)nc12. The Morgan fingerprint density at radius 3 is 2.79 bits per heavy atom. The van der Waals surface area contributed by atoms with Crippen molar-refractivity contribution in [3.63, 3.8) is 0 Å². The molecule has 122 valence electrons. The van der Waals surface area contributed by atoms with Crippen LogP contribution < -0.4 is 5.32 Å². The largest absolute Gasteiger partial charge is 0.481 e. The average Bonchev–Trinajstić information content (AvgIpc) is 2.99. The molecule has 0 aliphatic carbocycles. The number of rotatable bonds is 5. The number of hydrogen-bond donors (Lipinski definition) is 2. The zero-order chi connectivity index (χ0) is 17.1. The summed E-state index contributed by atoms with van der Waals surface area (Å²) in [7, 11) is 0. The smallest absolute Gasteiger partial charge is 0.303 e. The lowest BCUT2D eigenvalue weighted by Gasteiger charge is -2.05. The highest BCUT2D eigenvalue weighted by Gasteiger charge is 2.09. The second-order valence-corrected chi connectivity index (χ2v) is 5.57. The number of pyridine rings is 1. The molecule has 3 rings (SSSR count). The third-order valence-electron chi connectivity index (χ3n) is 3.69. The first-order valence-electron chi connectivity index (χ1n) is 7.59. The van der Waals surface area contributed by atoms with Gasteiger partial charge in [-0.25, -0.2) is 4.98 Å². The van der Waals surface area contributed by atoms with Crippen molar-refractivity contribution in [2.75, 3.05) is 5.32 Å². The first-order chi connectivity index (χ1) is 11.5. The molecule has 6 heteroatoms. The standard InChI is InChI=1S/C18H17N3O3/c1-12-4-3-9-21-11-15(20-18(12)21)13-5-2-6-14(10-13)19-16(22)7-8-17(23)24/h2-6,9-11H,7-8H2,1H3,(H,19,22)(H,23,24). The van der Waals surface area contributed by atoms with Crippen LogP contribution in [0.5, 0.6) is 0 Å². The van der Waals surface area contributed by atoms with Crippen molar-refractivity contribution in [1.29, 1.82) is 0 Å². The van der Waals surface area contributed by atoms with Crippen LogP contribution in [0.2, 0.25) is 0 Å². The number of carbonyl (C=O) groups excluding carboxylic acids is 1. The Morgan fingerprint density at radius 1 is 1.21 bits per heavy atom. The summed E-state index contributed by atoms with van der Waals surface area (Å²) >= 11 is 0. The molecule has 2 heterocycles. The van der Waals surface area contributed by atoms with E-state index in [0.29, 0.717) is 5.69 Å². The topological polar surface area (TPSA) is 83.7 Å². The summed E-state index contributed by atoms with van der Waals surface area (Å²) in [6.07, 6.45) is 3.65. The Hall–Kier alpha value is -3.15. The van der Waals surface area contributed by atoms with Crippen LogP contribution in [0.1, 0.15) is 18.4 Å². The number of hydrogen-bond acceptors (Lipinski definition) is 3. The molecule has 24 heavy (non-hydrogen) atoms. The van der Waals surface area contributed by atoms with Gasteiger partial charge in [-0.1, -0.05) is 18.2 Å². The van der Waals surface area contributed by atoms with Crippen LogP contribution in [0.25, 0.3) is 16.9 Å². The lowest BCUT2D eigenvalue weighted by atomic mass is 10.1. The highest BCUT2D eigenvalue weighted by Crippen LogP contribution is 2.23. The van der Waals surface area contributed by atoms with Crippen molar-refractivity contribution < 1.29 is 14.7 Å². The van der Waals surface area contributed by atoms with E-state index >= 15 is 0 Å². The molecule has 0 spiro atoms. The van der Waals surface area contributed by atoms with Crippen molar-refractivity contribution in [2.45, 2.75) is 19.8 Å². The number of imidazole rings is 1. The number of aryl methyl sites for hydroxylation is 1. The summed E-state index contributed by atoms with van der Waals surface area (Å²) in [5.74, 6) is -1.31. The summed E-state index contributed by atoms with van der Waals surface area (Å²) in [5.41, 5.74) is 4.29. The van der Waals surface area contributed by atoms with E-state index in [2.05, 4.69) is 10.3 Å². The number of carboxylic acids is 1. The van der Waals surface area contributed by atoms with Crippen molar-refractivity contribution in [1.82, 2.24) is 9.38 Å². The van der Waals surface area contributed by atoms with Gasteiger partial charge >= 0.3 is 5.97 Å². The number of aromatic nitrogens is 2. The molecule has 2 aromatic heterocycles. The molecular formula is C18H17N3O3. The van der Waals surface area contributed by atoms with Gasteiger partial charge in [0.15, 0.2) is 0 Å². The number of benzene rings is 1. The van der Waals surface area contributed by atoms with Crippen LogP contribution in [0.15, 0.2) is 48.8 Å². The number of fused-ring (bicyclic) bond motifs is 1. The average molecular weight is 323 g/mol. The van der Waals surface area contributed by atoms with Crippen molar-refractivity contribution >= 4 is 23.2 Å². The van der Waals surface area contributed by atoms with Gasteiger partial charge in [-0.3, -0.25) is 9.59 Å². The van der Waals surface area contributed by atoms with Gasteiger partial charge in [0.2, 0.25) is 5.91 Å². The molecule has 3 aromatic rings. The maximum Gasteiger partial charge on any atom is 0.303 e. The fraction of sp³-hybridized carbons (Fsp3) is 0.167. The van der Waals surface area contributed by atoms with Gasteiger partial charge in [-0.2, -0.15) is 0 Å². The normalized spacial score (nSPS) is 10.7. The van der Waals surface area contributed by atoms with Gasteiger partial charge in [-0.05, 0) is 30.7 Å². The molecule has 0 unspecified atom stereocenters. The highest BCUT2D eigenvalue weighted by atomic mass is 16.4. The number of anilines is 1. The third-order valence-corrected chi connectivity index (χ3v) is 3.69. The number of nitrogens with one attached hydrogen (secondary N) is 1. The minimum atomic E-state index is -0.987. The minimum Gasteiger partial charge on any atom is -0.481 e. The fourth-order valence-corrected chi connectivity index (χ4v) is 2.49. The van der Waals surface area contributed by atoms with Crippen LogP contribution >= 0.6 is 0 Å². The van der Waals surface area contributed by atoms with Crippen molar-refractivity contribution in [3.8, 4) is 11.3 Å². The number of carbonyl (C=O) groups is 2. The molecule has 1 amide bonds. The summed E-state index contributed by atoms with van der Waals surface area (Å²) in [6.45, 7) is 2.01. The lowest BCUT2D eigenvalue weighted by Crippen LogP contribution is -2.13. The second-order valence-electron chi connectivity index (χ2n) is 5.57. The molecule has 0 saturated heterocycles. The molecule has 0 radical (unpaired) electrons. The van der Waals surface area contributed by atoms with E-state index in [4.69, 9.17) is 5.11 Å². The van der Waals surface area contributed by atoms with Crippen LogP contribution in [-0.4, -0.2) is 26.4 Å². The van der Waals surface area contributed by atoms with Crippen molar-refractivity contribution in [3.05, 3.63) is 54.4 Å². The molecule has 1 aromatic carbocycles. The zero-order valence-corrected chi connectivity index (χ0v) is 13.2. The van der Waals surface area contributed by atoms with Crippen LogP contribution in [-0.2, 0) is 9.59 Å². The molecule has 6 nitrogen and oxygen atoms in total. The van der Waals surface area contributed by atoms with Gasteiger partial charge < -0.3 is 14.8 Å². The number of nitrogens with zero attached hydrogens (tertiary/aromatic N) is 2. The molecule has 0 aliphatic heterocycles. The molecular weight excluding hydrogens is 306 g/mol. The Kier molecular flexibility index (Phi) is 4.29. The maximum absolute atomic E-state index is 11.8. The maximum atomic E-state index is 11.8. The quantitative estimate of drug-likeness (QED) is 0.755. The molecule has 0 fully saturated rings. The van der Waals surface area contributed by atoms with Gasteiger partial charge in [0, 0.05) is 30.1 Å². The zero-order valence-electron chi connectivity index (χ0n) is 13.2. The molecule has 0 saturated carbocycles. The van der Waals surface area contributed by atoms with Crippen LogP contribution in [0, 0.1) is 6.92 Å². The lowest BCUT2D eigenvalue weighted by molar-refractivity contribution is -0.138. The van der Waals surface area contributed by atoms with Gasteiger partial charge in [0.1, 0.15) is 5.65 Å². The Balaban J connectivity index is 1.83. The first-order valence-corrected chi connectivity index (χ1v) is 7.59. The fourth-order valence-electron chi connectivity index (χ4n) is 2.49. The first kappa shape index (κ1) is 15.7. The van der Waals surface area contributed by atoms with E-state index in [1.54, 1.807) is 6.07 Å². The monoisotopic (exact) mass is 323 g/mol. The Labute approximate surface area is 138 Å². The third kappa shape index (κ3) is 3.43. The van der Waals surface area contributed by atoms with E-state index in [9.17, 15) is 9.59 Å². The van der Waals surface area contributed by atoms with E-state index in [1.807, 2.05) is 54.0 Å². The predicted molar refractivity (Wildman–Crippen MR) is 90.9 cm³/mol. The predicted octanol–water partition coefficient (Wildman–Crippen LogP) is 3.11. The second kappa shape index (κ2) is 6.54. The van der Waals surface area contributed by atoms with E-state index in [1.165, 1.54) is 0 Å². The Bertz CT molecular complexity index is 915. The van der Waals surface area contributed by atoms with Gasteiger partial charge in [-0.15, -0.1) is 0 Å². The summed E-state index contributed by atoms with van der Waals surface area (Å²) in [5, 5.41) is 11.3. The minimum absolute atomic E-state index is 0.0485. The van der Waals surface area contributed by atoms with E-state index in [-0.39, 0.29) is 18.7 Å². The van der Waals surface area contributed by atoms with Crippen LogP contribution in [0.4, 0.5) is 5.69 Å². The van der Waals surface area contributed by atoms with E-state index < -0.39 is 5.97 Å². The van der Waals surface area contributed by atoms with Crippen LogP contribution in [0.3, 0.4) is 0 Å². The van der Waals surface area contributed by atoms with E-state index in [0.717, 1.165) is 22.5 Å². The summed E-state index contributed by atoms with van der Waals surface area (Å²) in [4.78, 5) is 26.9. The number of carboxylic acid groups (broad SMARTS) is 1. The molecule has 0 bridgehead atoms. The molecule has 0 atom stereocenters. The molecule has 2 N–H and O–H groups in total.